The van der Waals surface area contributed by atoms with Crippen molar-refractivity contribution in [3.8, 4) is 0 Å². The van der Waals surface area contributed by atoms with Crippen LogP contribution >= 0.6 is 34.8 Å². The lowest BCUT2D eigenvalue weighted by Gasteiger charge is -2.21. The summed E-state index contributed by atoms with van der Waals surface area (Å²) < 4.78 is 27.6. The van der Waals surface area contributed by atoms with Crippen LogP contribution in [-0.2, 0) is 21.4 Å². The minimum absolute atomic E-state index is 0.0105. The molecule has 0 saturated carbocycles. The van der Waals surface area contributed by atoms with Gasteiger partial charge in [0.2, 0.25) is 10.0 Å². The minimum atomic E-state index is -3.98. The summed E-state index contributed by atoms with van der Waals surface area (Å²) in [6, 6.07) is 18.1. The summed E-state index contributed by atoms with van der Waals surface area (Å²) in [5.41, 5.74) is 4.70. The van der Waals surface area contributed by atoms with Crippen LogP contribution in [0.25, 0.3) is 0 Å². The lowest BCUT2D eigenvalue weighted by atomic mass is 10.1. The van der Waals surface area contributed by atoms with Gasteiger partial charge >= 0.3 is 0 Å². The molecule has 0 saturated heterocycles. The number of nitrogens with one attached hydrogen (secondary N) is 1. The summed E-state index contributed by atoms with van der Waals surface area (Å²) in [6.07, 6.45) is 1.39. The van der Waals surface area contributed by atoms with E-state index in [0.717, 1.165) is 15.4 Å². The third-order valence-electron chi connectivity index (χ3n) is 4.56. The van der Waals surface area contributed by atoms with Crippen molar-refractivity contribution in [2.75, 3.05) is 6.54 Å². The van der Waals surface area contributed by atoms with E-state index in [9.17, 15) is 13.2 Å². The molecule has 10 heteroatoms. The number of carbonyl (C=O) groups excluding carboxylic acids is 1. The van der Waals surface area contributed by atoms with Crippen LogP contribution < -0.4 is 5.43 Å². The molecule has 0 aliphatic heterocycles. The van der Waals surface area contributed by atoms with E-state index in [2.05, 4.69) is 10.5 Å². The van der Waals surface area contributed by atoms with E-state index in [-0.39, 0.29) is 11.4 Å². The Bertz CT molecular complexity index is 1280. The molecular weight excluding hydrogens is 505 g/mol. The fraction of sp³-hybridized carbons (Fsp3) is 0.130. The van der Waals surface area contributed by atoms with Crippen LogP contribution in [-0.4, -0.2) is 31.4 Å². The minimum Gasteiger partial charge on any atom is -0.272 e. The molecule has 3 rings (SSSR count). The molecule has 0 radical (unpaired) electrons. The highest BCUT2D eigenvalue weighted by molar-refractivity contribution is 7.89. The Balaban J connectivity index is 1.79. The van der Waals surface area contributed by atoms with Gasteiger partial charge in [0.15, 0.2) is 0 Å². The van der Waals surface area contributed by atoms with E-state index in [1.165, 1.54) is 30.5 Å². The van der Waals surface area contributed by atoms with Gasteiger partial charge in [0, 0.05) is 11.6 Å². The smallest absolute Gasteiger partial charge is 0.255 e. The van der Waals surface area contributed by atoms with E-state index < -0.39 is 22.5 Å². The normalized spacial score (nSPS) is 11.8. The van der Waals surface area contributed by atoms with Crippen LogP contribution in [0.15, 0.2) is 76.7 Å². The molecule has 33 heavy (non-hydrogen) atoms. The highest BCUT2D eigenvalue weighted by Gasteiger charge is 2.27. The number of hydrogen-bond acceptors (Lipinski definition) is 4. The first-order chi connectivity index (χ1) is 15.6. The van der Waals surface area contributed by atoms with Gasteiger partial charge in [-0.3, -0.25) is 4.79 Å². The molecule has 3 aromatic carbocycles. The summed E-state index contributed by atoms with van der Waals surface area (Å²) in [7, 11) is -3.98. The number of nitrogens with zero attached hydrogens (tertiary/aromatic N) is 2. The summed E-state index contributed by atoms with van der Waals surface area (Å²) in [5.74, 6) is -0.600. The van der Waals surface area contributed by atoms with Crippen LogP contribution in [0.4, 0.5) is 0 Å². The second kappa shape index (κ2) is 11.1. The molecular formula is C23H20Cl3N3O3S. The first-order valence-electron chi connectivity index (χ1n) is 9.73. The number of rotatable bonds is 8. The Hall–Kier alpha value is -2.42. The number of benzene rings is 3. The lowest BCUT2D eigenvalue weighted by Crippen LogP contribution is -2.39. The Morgan fingerprint density at radius 2 is 1.73 bits per heavy atom. The fourth-order valence-corrected chi connectivity index (χ4v) is 4.78. The molecule has 172 valence electrons. The van der Waals surface area contributed by atoms with Crippen molar-refractivity contribution < 1.29 is 13.2 Å². The number of aryl methyl sites for hydroxylation is 1. The molecule has 1 amide bonds. The average Bonchev–Trinajstić information content (AvgIpc) is 2.76. The van der Waals surface area contributed by atoms with Gasteiger partial charge in [-0.05, 0) is 54.4 Å². The van der Waals surface area contributed by atoms with Gasteiger partial charge in [0.05, 0.1) is 27.7 Å². The van der Waals surface area contributed by atoms with E-state index in [1.807, 2.05) is 25.1 Å². The number of sulfonamides is 1. The molecule has 0 atom stereocenters. The molecule has 1 N–H and O–H groups in total. The zero-order valence-corrected chi connectivity index (χ0v) is 20.6. The molecule has 6 nitrogen and oxygen atoms in total. The molecule has 0 aromatic heterocycles. The largest absolute Gasteiger partial charge is 0.272 e. The Morgan fingerprint density at radius 3 is 2.39 bits per heavy atom. The van der Waals surface area contributed by atoms with E-state index in [1.54, 1.807) is 24.3 Å². The van der Waals surface area contributed by atoms with Crippen molar-refractivity contribution in [3.63, 3.8) is 0 Å². The van der Waals surface area contributed by atoms with Gasteiger partial charge in [-0.25, -0.2) is 13.8 Å². The molecule has 0 bridgehead atoms. The monoisotopic (exact) mass is 523 g/mol. The summed E-state index contributed by atoms with van der Waals surface area (Å²) >= 11 is 17.7. The van der Waals surface area contributed by atoms with Crippen molar-refractivity contribution in [1.82, 2.24) is 9.73 Å². The SMILES string of the molecule is Cc1cccc(CN(CC(=O)N/N=C\c2ccc(Cl)c(Cl)c2)S(=O)(=O)c2ccc(Cl)cc2)c1. The van der Waals surface area contributed by atoms with E-state index in [4.69, 9.17) is 34.8 Å². The zero-order valence-electron chi connectivity index (χ0n) is 17.5. The summed E-state index contributed by atoms with van der Waals surface area (Å²) in [5, 5.41) is 5.05. The van der Waals surface area contributed by atoms with Crippen LogP contribution in [0.1, 0.15) is 16.7 Å². The molecule has 3 aromatic rings. The number of hydrogen-bond donors (Lipinski definition) is 1. The van der Waals surface area contributed by atoms with Crippen molar-refractivity contribution >= 4 is 56.9 Å². The Labute approximate surface area is 207 Å². The van der Waals surface area contributed by atoms with Gasteiger partial charge in [0.1, 0.15) is 0 Å². The first kappa shape index (κ1) is 25.2. The van der Waals surface area contributed by atoms with Crippen LogP contribution in [0.5, 0.6) is 0 Å². The number of carbonyl (C=O) groups is 1. The van der Waals surface area contributed by atoms with Crippen molar-refractivity contribution in [2.24, 2.45) is 5.10 Å². The number of halogens is 3. The van der Waals surface area contributed by atoms with E-state index in [0.29, 0.717) is 20.6 Å². The zero-order chi connectivity index (χ0) is 24.0. The van der Waals surface area contributed by atoms with Gasteiger partial charge in [0.25, 0.3) is 5.91 Å². The second-order valence-electron chi connectivity index (χ2n) is 7.18. The Kier molecular flexibility index (Phi) is 8.51. The highest BCUT2D eigenvalue weighted by atomic mass is 35.5. The summed E-state index contributed by atoms with van der Waals surface area (Å²) in [6.45, 7) is 1.49. The highest BCUT2D eigenvalue weighted by Crippen LogP contribution is 2.22. The van der Waals surface area contributed by atoms with Crippen molar-refractivity contribution in [1.29, 1.82) is 0 Å². The van der Waals surface area contributed by atoms with Crippen LogP contribution in [0, 0.1) is 6.92 Å². The van der Waals surface area contributed by atoms with Crippen molar-refractivity contribution in [2.45, 2.75) is 18.4 Å². The third kappa shape index (κ3) is 7.03. The second-order valence-corrected chi connectivity index (χ2v) is 10.4. The Morgan fingerprint density at radius 1 is 1.00 bits per heavy atom. The third-order valence-corrected chi connectivity index (χ3v) is 7.36. The maximum absolute atomic E-state index is 13.3. The van der Waals surface area contributed by atoms with E-state index >= 15 is 0 Å². The van der Waals surface area contributed by atoms with Gasteiger partial charge < -0.3 is 0 Å². The van der Waals surface area contributed by atoms with Crippen LogP contribution in [0.2, 0.25) is 15.1 Å². The van der Waals surface area contributed by atoms with Gasteiger partial charge in [-0.1, -0.05) is 70.7 Å². The number of amides is 1. The average molecular weight is 525 g/mol. The van der Waals surface area contributed by atoms with Crippen LogP contribution in [0.3, 0.4) is 0 Å². The predicted molar refractivity (Wildman–Crippen MR) is 132 cm³/mol. The quantitative estimate of drug-likeness (QED) is 0.321. The predicted octanol–water partition coefficient (Wildman–Crippen LogP) is 5.30. The molecule has 0 aliphatic rings. The standard InChI is InChI=1S/C23H20Cl3N3O3S/c1-16-3-2-4-18(11-16)14-29(33(31,32)20-8-6-19(24)7-9-20)15-23(30)28-27-13-17-5-10-21(25)22(26)12-17/h2-13H,14-15H2,1H3,(H,28,30)/b27-13-. The number of hydrazone groups is 1. The molecule has 0 unspecified atom stereocenters. The van der Waals surface area contributed by atoms with Crippen molar-refractivity contribution in [3.05, 3.63) is 98.5 Å². The molecule has 0 spiro atoms. The molecule has 0 heterocycles. The van der Waals surface area contributed by atoms with Gasteiger partial charge in [-0.2, -0.15) is 9.41 Å². The lowest BCUT2D eigenvalue weighted by molar-refractivity contribution is -0.121. The maximum atomic E-state index is 13.3. The summed E-state index contributed by atoms with van der Waals surface area (Å²) in [4.78, 5) is 12.6. The first-order valence-corrected chi connectivity index (χ1v) is 12.3. The fourth-order valence-electron chi connectivity index (χ4n) is 2.96. The van der Waals surface area contributed by atoms with Gasteiger partial charge in [-0.15, -0.1) is 0 Å². The molecule has 0 aliphatic carbocycles. The molecule has 0 fully saturated rings. The topological polar surface area (TPSA) is 78.8 Å². The maximum Gasteiger partial charge on any atom is 0.255 e.